The van der Waals surface area contributed by atoms with Crippen molar-refractivity contribution < 1.29 is 4.79 Å². The smallest absolute Gasteiger partial charge is 0.321 e. The second-order valence-electron chi connectivity index (χ2n) is 5.96. The molecule has 4 aromatic rings. The van der Waals surface area contributed by atoms with Gasteiger partial charge in [-0.25, -0.2) is 19.7 Å². The fourth-order valence-electron chi connectivity index (χ4n) is 2.62. The highest BCUT2D eigenvalue weighted by Gasteiger charge is 2.08. The number of carbonyl (C=O) groups is 1. The number of benzene rings is 1. The Bertz CT molecular complexity index is 1060. The second-order valence-corrected chi connectivity index (χ2v) is 7.99. The molecule has 0 saturated carbocycles. The van der Waals surface area contributed by atoms with Crippen LogP contribution in [0.15, 0.2) is 54.3 Å². The summed E-state index contributed by atoms with van der Waals surface area (Å²) in [5, 5.41) is 11.6. The Kier molecular flexibility index (Phi) is 5.74. The van der Waals surface area contributed by atoms with Crippen molar-refractivity contribution in [2.75, 3.05) is 17.2 Å². The third-order valence-electron chi connectivity index (χ3n) is 3.98. The van der Waals surface area contributed by atoms with Gasteiger partial charge in [-0.15, -0.1) is 22.7 Å². The van der Waals surface area contributed by atoms with E-state index in [0.717, 1.165) is 39.4 Å². The van der Waals surface area contributed by atoms with Crippen LogP contribution in [-0.2, 0) is 13.0 Å². The van der Waals surface area contributed by atoms with Gasteiger partial charge < -0.3 is 10.6 Å². The maximum Gasteiger partial charge on any atom is 0.321 e. The lowest BCUT2D eigenvalue weighted by atomic mass is 10.2. The average Bonchev–Trinajstić information content (AvgIpc) is 3.37. The number of fused-ring (bicyclic) bond motifs is 1. The summed E-state index contributed by atoms with van der Waals surface area (Å²) in [4.78, 5) is 25.9. The SMILES string of the molecule is O=C(NCc1ccccc1)Nc1ncc(CCNc2ncnc3ccsc23)s1. The van der Waals surface area contributed by atoms with Crippen molar-refractivity contribution >= 4 is 49.9 Å². The van der Waals surface area contributed by atoms with E-state index >= 15 is 0 Å². The lowest BCUT2D eigenvalue weighted by Crippen LogP contribution is -2.28. The van der Waals surface area contributed by atoms with E-state index in [-0.39, 0.29) is 6.03 Å². The van der Waals surface area contributed by atoms with Crippen LogP contribution in [0.5, 0.6) is 0 Å². The van der Waals surface area contributed by atoms with Crippen molar-refractivity contribution in [3.05, 3.63) is 64.7 Å². The van der Waals surface area contributed by atoms with Crippen molar-refractivity contribution in [2.45, 2.75) is 13.0 Å². The monoisotopic (exact) mass is 410 g/mol. The Hall–Kier alpha value is -3.04. The third kappa shape index (κ3) is 4.62. The van der Waals surface area contributed by atoms with Crippen LogP contribution in [0.25, 0.3) is 10.2 Å². The Morgan fingerprint density at radius 2 is 1.96 bits per heavy atom. The number of hydrogen-bond donors (Lipinski definition) is 3. The van der Waals surface area contributed by atoms with E-state index in [0.29, 0.717) is 11.7 Å². The number of urea groups is 1. The van der Waals surface area contributed by atoms with Gasteiger partial charge in [-0.1, -0.05) is 30.3 Å². The molecule has 0 bridgehead atoms. The lowest BCUT2D eigenvalue weighted by Gasteiger charge is -2.05. The van der Waals surface area contributed by atoms with Gasteiger partial charge in [0.15, 0.2) is 5.13 Å². The number of anilines is 2. The summed E-state index contributed by atoms with van der Waals surface area (Å²) in [5.74, 6) is 0.850. The fourth-order valence-corrected chi connectivity index (χ4v) is 4.24. The van der Waals surface area contributed by atoms with Crippen LogP contribution >= 0.6 is 22.7 Å². The predicted octanol–water partition coefficient (Wildman–Crippen LogP) is 4.12. The number of thiophene rings is 1. The van der Waals surface area contributed by atoms with Gasteiger partial charge in [0, 0.05) is 30.6 Å². The van der Waals surface area contributed by atoms with Gasteiger partial charge in [-0.05, 0) is 17.0 Å². The molecule has 0 aliphatic carbocycles. The van der Waals surface area contributed by atoms with Crippen molar-refractivity contribution in [2.24, 2.45) is 0 Å². The second kappa shape index (κ2) is 8.77. The van der Waals surface area contributed by atoms with E-state index in [1.54, 1.807) is 23.9 Å². The molecule has 9 heteroatoms. The van der Waals surface area contributed by atoms with Crippen LogP contribution in [-0.4, -0.2) is 27.5 Å². The largest absolute Gasteiger partial charge is 0.368 e. The molecule has 0 fully saturated rings. The van der Waals surface area contributed by atoms with Crippen molar-refractivity contribution in [1.29, 1.82) is 0 Å². The number of thiazole rings is 1. The molecule has 3 aromatic heterocycles. The maximum absolute atomic E-state index is 12.0. The van der Waals surface area contributed by atoms with Gasteiger partial charge in [0.25, 0.3) is 0 Å². The minimum Gasteiger partial charge on any atom is -0.368 e. The highest BCUT2D eigenvalue weighted by Crippen LogP contribution is 2.25. The molecular formula is C19H18N6OS2. The van der Waals surface area contributed by atoms with Gasteiger partial charge >= 0.3 is 6.03 Å². The zero-order valence-electron chi connectivity index (χ0n) is 14.9. The standard InChI is InChI=1S/C19H18N6OS2/c26-18(21-10-13-4-2-1-3-5-13)25-19-22-11-14(28-19)6-8-20-17-16-15(7-9-27-16)23-12-24-17/h1-5,7,9,11-12H,6,8,10H2,(H,20,23,24)(H2,21,22,25,26). The van der Waals surface area contributed by atoms with E-state index in [2.05, 4.69) is 30.9 Å². The van der Waals surface area contributed by atoms with Crippen LogP contribution in [0.4, 0.5) is 15.7 Å². The molecule has 0 aliphatic heterocycles. The van der Waals surface area contributed by atoms with Crippen molar-refractivity contribution in [3.63, 3.8) is 0 Å². The summed E-state index contributed by atoms with van der Waals surface area (Å²) in [6, 6.07) is 11.5. The molecular weight excluding hydrogens is 392 g/mol. The number of nitrogens with one attached hydrogen (secondary N) is 3. The maximum atomic E-state index is 12.0. The van der Waals surface area contributed by atoms with Crippen LogP contribution in [0.2, 0.25) is 0 Å². The molecule has 0 aliphatic rings. The van der Waals surface area contributed by atoms with Crippen LogP contribution in [0.3, 0.4) is 0 Å². The number of rotatable bonds is 7. The topological polar surface area (TPSA) is 91.8 Å². The van der Waals surface area contributed by atoms with E-state index in [4.69, 9.17) is 0 Å². The van der Waals surface area contributed by atoms with Gasteiger partial charge in [0.2, 0.25) is 0 Å². The predicted molar refractivity (Wildman–Crippen MR) is 114 cm³/mol. The normalized spacial score (nSPS) is 10.7. The molecule has 1 aromatic carbocycles. The molecule has 142 valence electrons. The Labute approximate surface area is 169 Å². The molecule has 0 radical (unpaired) electrons. The van der Waals surface area contributed by atoms with E-state index in [1.165, 1.54) is 11.3 Å². The Balaban J connectivity index is 1.25. The minimum absolute atomic E-state index is 0.260. The number of aromatic nitrogens is 3. The molecule has 0 spiro atoms. The highest BCUT2D eigenvalue weighted by molar-refractivity contribution is 7.17. The van der Waals surface area contributed by atoms with E-state index in [1.807, 2.05) is 41.8 Å². The molecule has 3 N–H and O–H groups in total. The molecule has 4 rings (SSSR count). The Morgan fingerprint density at radius 3 is 2.86 bits per heavy atom. The van der Waals surface area contributed by atoms with Crippen molar-refractivity contribution in [1.82, 2.24) is 20.3 Å². The van der Waals surface area contributed by atoms with Gasteiger partial charge in [-0.2, -0.15) is 0 Å². The zero-order valence-corrected chi connectivity index (χ0v) is 16.5. The van der Waals surface area contributed by atoms with E-state index < -0.39 is 0 Å². The highest BCUT2D eigenvalue weighted by atomic mass is 32.1. The molecule has 0 saturated heterocycles. The summed E-state index contributed by atoms with van der Waals surface area (Å²) < 4.78 is 1.06. The molecule has 3 heterocycles. The summed E-state index contributed by atoms with van der Waals surface area (Å²) in [7, 11) is 0. The van der Waals surface area contributed by atoms with Crippen molar-refractivity contribution in [3.8, 4) is 0 Å². The average molecular weight is 411 g/mol. The Morgan fingerprint density at radius 1 is 1.07 bits per heavy atom. The third-order valence-corrected chi connectivity index (χ3v) is 5.86. The zero-order chi connectivity index (χ0) is 19.2. The van der Waals surface area contributed by atoms with Crippen LogP contribution in [0.1, 0.15) is 10.4 Å². The molecule has 28 heavy (non-hydrogen) atoms. The van der Waals surface area contributed by atoms with Crippen LogP contribution in [0, 0.1) is 0 Å². The first-order chi connectivity index (χ1) is 13.8. The number of amides is 2. The minimum atomic E-state index is -0.260. The number of nitrogens with zero attached hydrogens (tertiary/aromatic N) is 3. The lowest BCUT2D eigenvalue weighted by molar-refractivity contribution is 0.251. The number of hydrogen-bond acceptors (Lipinski definition) is 7. The van der Waals surface area contributed by atoms with Gasteiger partial charge in [-0.3, -0.25) is 5.32 Å². The first kappa shape index (κ1) is 18.3. The van der Waals surface area contributed by atoms with Crippen LogP contribution < -0.4 is 16.0 Å². The summed E-state index contributed by atoms with van der Waals surface area (Å²) in [5.41, 5.74) is 2.00. The molecule has 7 nitrogen and oxygen atoms in total. The first-order valence-corrected chi connectivity index (χ1v) is 10.4. The van der Waals surface area contributed by atoms with Gasteiger partial charge in [0.05, 0.1) is 10.2 Å². The van der Waals surface area contributed by atoms with E-state index in [9.17, 15) is 4.79 Å². The van der Waals surface area contributed by atoms with Gasteiger partial charge in [0.1, 0.15) is 12.1 Å². The first-order valence-electron chi connectivity index (χ1n) is 8.73. The quantitative estimate of drug-likeness (QED) is 0.426. The molecule has 0 unspecified atom stereocenters. The molecule has 2 amide bonds. The fraction of sp³-hybridized carbons (Fsp3) is 0.158. The molecule has 0 atom stereocenters. The number of carbonyl (C=O) groups excluding carboxylic acids is 1. The summed E-state index contributed by atoms with van der Waals surface area (Å²) >= 11 is 3.09. The summed E-state index contributed by atoms with van der Waals surface area (Å²) in [6.45, 7) is 1.21. The summed E-state index contributed by atoms with van der Waals surface area (Å²) in [6.07, 6.45) is 4.15.